The summed E-state index contributed by atoms with van der Waals surface area (Å²) in [6, 6.07) is 22.2. The molecule has 32 heavy (non-hydrogen) atoms. The fourth-order valence-corrected chi connectivity index (χ4v) is 4.50. The monoisotopic (exact) mass is 441 g/mol. The number of ether oxygens (including phenoxy) is 1. The molecule has 1 aliphatic rings. The largest absolute Gasteiger partial charge is 0.497 e. The second kappa shape index (κ2) is 8.80. The van der Waals surface area contributed by atoms with E-state index in [9.17, 15) is 0 Å². The minimum atomic E-state index is -0.0718. The van der Waals surface area contributed by atoms with E-state index in [1.54, 1.807) is 7.11 Å². The van der Waals surface area contributed by atoms with Crippen LogP contribution in [0.5, 0.6) is 5.75 Å². The van der Waals surface area contributed by atoms with E-state index in [4.69, 9.17) is 17.0 Å². The smallest absolute Gasteiger partial charge is 0.170 e. The van der Waals surface area contributed by atoms with Crippen LogP contribution in [0.2, 0.25) is 0 Å². The Kier molecular flexibility index (Phi) is 5.56. The molecule has 2 unspecified atom stereocenters. The van der Waals surface area contributed by atoms with Crippen LogP contribution in [-0.2, 0) is 6.54 Å². The number of hydrogen-bond acceptors (Lipinski definition) is 4. The van der Waals surface area contributed by atoms with Crippen molar-refractivity contribution in [3.63, 3.8) is 0 Å². The first-order valence-electron chi connectivity index (χ1n) is 10.4. The molecule has 5 rings (SSSR count). The van der Waals surface area contributed by atoms with Crippen molar-refractivity contribution in [3.8, 4) is 11.4 Å². The highest BCUT2D eigenvalue weighted by Gasteiger charge is 2.41. The van der Waals surface area contributed by atoms with E-state index in [1.165, 1.54) is 0 Å². The predicted octanol–water partition coefficient (Wildman–Crippen LogP) is 4.45. The van der Waals surface area contributed by atoms with Gasteiger partial charge in [0.25, 0.3) is 0 Å². The third kappa shape index (κ3) is 3.83. The molecule has 160 valence electrons. The van der Waals surface area contributed by atoms with E-state index in [0.29, 0.717) is 11.7 Å². The van der Waals surface area contributed by atoms with Crippen molar-refractivity contribution >= 4 is 17.3 Å². The van der Waals surface area contributed by atoms with Gasteiger partial charge in [-0.05, 0) is 78.4 Å². The van der Waals surface area contributed by atoms with Gasteiger partial charge in [0.05, 0.1) is 24.9 Å². The highest BCUT2D eigenvalue weighted by atomic mass is 32.1. The average Bonchev–Trinajstić information content (AvgIpc) is 3.45. The molecule has 1 aromatic carbocycles. The maximum atomic E-state index is 5.81. The Hall–Kier alpha value is -3.71. The summed E-state index contributed by atoms with van der Waals surface area (Å²) in [6.07, 6.45) is 7.53. The van der Waals surface area contributed by atoms with Crippen LogP contribution in [0.4, 0.5) is 0 Å². The Morgan fingerprint density at radius 2 is 1.78 bits per heavy atom. The molecule has 1 fully saturated rings. The molecule has 4 heterocycles. The molecule has 3 aromatic heterocycles. The highest BCUT2D eigenvalue weighted by molar-refractivity contribution is 7.80. The van der Waals surface area contributed by atoms with Gasteiger partial charge in [-0.1, -0.05) is 6.07 Å². The van der Waals surface area contributed by atoms with E-state index < -0.39 is 0 Å². The van der Waals surface area contributed by atoms with Gasteiger partial charge in [0.1, 0.15) is 5.75 Å². The molecule has 1 N–H and O–H groups in total. The van der Waals surface area contributed by atoms with Gasteiger partial charge in [0.15, 0.2) is 5.11 Å². The third-order valence-electron chi connectivity index (χ3n) is 5.73. The lowest BCUT2D eigenvalue weighted by molar-refractivity contribution is 0.302. The lowest BCUT2D eigenvalue weighted by Gasteiger charge is -2.29. The number of thiocarbonyl (C=S) groups is 1. The van der Waals surface area contributed by atoms with Crippen LogP contribution in [0, 0.1) is 0 Å². The topological polar surface area (TPSA) is 55.2 Å². The van der Waals surface area contributed by atoms with Crippen LogP contribution in [-0.4, -0.2) is 31.7 Å². The summed E-state index contributed by atoms with van der Waals surface area (Å²) in [5.74, 6) is 0.830. The molecular formula is C25H23N5OS. The average molecular weight is 442 g/mol. The number of pyridine rings is 2. The Morgan fingerprint density at radius 3 is 2.50 bits per heavy atom. The molecule has 1 saturated heterocycles. The van der Waals surface area contributed by atoms with Gasteiger partial charge < -0.3 is 19.5 Å². The fourth-order valence-electron chi connectivity index (χ4n) is 4.20. The molecule has 1 aliphatic heterocycles. The van der Waals surface area contributed by atoms with Gasteiger partial charge in [-0.3, -0.25) is 9.97 Å². The zero-order valence-corrected chi connectivity index (χ0v) is 18.4. The standard InChI is InChI=1S/C25H23N5OS/c1-31-20-9-7-19(8-10-20)29-16-4-6-22(29)24-23(21-5-2-3-13-27-21)28-25(32)30(24)17-18-11-14-26-15-12-18/h2-16,23-24H,17H2,1H3,(H,28,32). The van der Waals surface area contributed by atoms with Gasteiger partial charge in [-0.15, -0.1) is 0 Å². The van der Waals surface area contributed by atoms with Crippen molar-refractivity contribution in [1.29, 1.82) is 0 Å². The lowest BCUT2D eigenvalue weighted by atomic mass is 10.0. The number of nitrogens with one attached hydrogen (secondary N) is 1. The van der Waals surface area contributed by atoms with E-state index in [0.717, 1.165) is 28.4 Å². The van der Waals surface area contributed by atoms with Crippen molar-refractivity contribution < 1.29 is 4.74 Å². The first-order valence-corrected chi connectivity index (χ1v) is 10.8. The number of benzene rings is 1. The Labute approximate surface area is 192 Å². The Bertz CT molecular complexity index is 1190. The zero-order valence-electron chi connectivity index (χ0n) is 17.6. The second-order valence-electron chi connectivity index (χ2n) is 7.61. The van der Waals surface area contributed by atoms with Crippen LogP contribution in [0.1, 0.15) is 29.0 Å². The van der Waals surface area contributed by atoms with E-state index >= 15 is 0 Å². The zero-order chi connectivity index (χ0) is 21.9. The van der Waals surface area contributed by atoms with Crippen molar-refractivity contribution in [2.45, 2.75) is 18.6 Å². The van der Waals surface area contributed by atoms with Crippen LogP contribution in [0.25, 0.3) is 5.69 Å². The summed E-state index contributed by atoms with van der Waals surface area (Å²) in [5.41, 5.74) is 4.30. The van der Waals surface area contributed by atoms with Crippen molar-refractivity contribution in [2.24, 2.45) is 0 Å². The Balaban J connectivity index is 1.58. The molecule has 2 atom stereocenters. The first kappa shape index (κ1) is 20.2. The fraction of sp³-hybridized carbons (Fsp3) is 0.160. The molecule has 0 saturated carbocycles. The third-order valence-corrected chi connectivity index (χ3v) is 6.09. The van der Waals surface area contributed by atoms with Gasteiger partial charge in [-0.2, -0.15) is 0 Å². The Morgan fingerprint density at radius 1 is 0.969 bits per heavy atom. The van der Waals surface area contributed by atoms with Crippen LogP contribution in [0.15, 0.2) is 91.5 Å². The summed E-state index contributed by atoms with van der Waals surface area (Å²) in [4.78, 5) is 11.0. The molecule has 4 aromatic rings. The summed E-state index contributed by atoms with van der Waals surface area (Å²) >= 11 is 5.81. The normalized spacial score (nSPS) is 17.9. The summed E-state index contributed by atoms with van der Waals surface area (Å²) in [6.45, 7) is 0.677. The van der Waals surface area contributed by atoms with Crippen LogP contribution in [0.3, 0.4) is 0 Å². The van der Waals surface area contributed by atoms with Gasteiger partial charge >= 0.3 is 0 Å². The van der Waals surface area contributed by atoms with Crippen LogP contribution < -0.4 is 10.1 Å². The highest BCUT2D eigenvalue weighted by Crippen LogP contribution is 2.40. The molecule has 7 heteroatoms. The van der Waals surface area contributed by atoms with E-state index in [1.807, 2.05) is 61.1 Å². The predicted molar refractivity (Wildman–Crippen MR) is 128 cm³/mol. The maximum absolute atomic E-state index is 5.81. The number of rotatable bonds is 6. The first-order chi connectivity index (χ1) is 15.7. The number of methoxy groups -OCH3 is 1. The van der Waals surface area contributed by atoms with Gasteiger partial charge in [0, 0.05) is 42.7 Å². The minimum absolute atomic E-state index is 0.0392. The lowest BCUT2D eigenvalue weighted by Crippen LogP contribution is -2.30. The van der Waals surface area contributed by atoms with Gasteiger partial charge in [-0.25, -0.2) is 0 Å². The second-order valence-corrected chi connectivity index (χ2v) is 8.00. The molecule has 6 nitrogen and oxygen atoms in total. The maximum Gasteiger partial charge on any atom is 0.170 e. The van der Waals surface area contributed by atoms with Crippen molar-refractivity contribution in [1.82, 2.24) is 24.8 Å². The molecule has 0 amide bonds. The minimum Gasteiger partial charge on any atom is -0.497 e. The molecular weight excluding hydrogens is 418 g/mol. The molecule has 0 spiro atoms. The number of hydrogen-bond donors (Lipinski definition) is 1. The van der Waals surface area contributed by atoms with Crippen molar-refractivity contribution in [2.75, 3.05) is 7.11 Å². The molecule has 0 aliphatic carbocycles. The van der Waals surface area contributed by atoms with E-state index in [2.05, 4.69) is 55.2 Å². The summed E-state index contributed by atoms with van der Waals surface area (Å²) in [5, 5.41) is 4.23. The van der Waals surface area contributed by atoms with Gasteiger partial charge in [0.2, 0.25) is 0 Å². The number of aromatic nitrogens is 3. The SMILES string of the molecule is COc1ccc(-n2cccc2C2C(c3ccccn3)NC(=S)N2Cc2ccncc2)cc1. The number of nitrogens with zero attached hydrogens (tertiary/aromatic N) is 4. The van der Waals surface area contributed by atoms with E-state index in [-0.39, 0.29) is 12.1 Å². The summed E-state index contributed by atoms with van der Waals surface area (Å²) < 4.78 is 7.53. The summed E-state index contributed by atoms with van der Waals surface area (Å²) in [7, 11) is 1.68. The van der Waals surface area contributed by atoms with Crippen molar-refractivity contribution in [3.05, 3.63) is 108 Å². The quantitative estimate of drug-likeness (QED) is 0.446. The van der Waals surface area contributed by atoms with Crippen LogP contribution >= 0.6 is 12.2 Å². The molecule has 0 radical (unpaired) electrons. The molecule has 0 bridgehead atoms.